The quantitative estimate of drug-likeness (QED) is 0.386. The number of rotatable bonds is 3. The molecule has 0 saturated carbocycles. The third kappa shape index (κ3) is 2.87. The Morgan fingerprint density at radius 3 is 2.55 bits per heavy atom. The zero-order valence-corrected chi connectivity index (χ0v) is 13.6. The van der Waals surface area contributed by atoms with Gasteiger partial charge in [0.1, 0.15) is 11.3 Å². The van der Waals surface area contributed by atoms with Crippen molar-refractivity contribution in [1.82, 2.24) is 0 Å². The molecule has 1 aliphatic carbocycles. The lowest BCUT2D eigenvalue weighted by atomic mass is 9.85. The van der Waals surface area contributed by atoms with E-state index in [2.05, 4.69) is 15.9 Å². The summed E-state index contributed by atoms with van der Waals surface area (Å²) in [5.74, 6) is -2.42. The van der Waals surface area contributed by atoms with E-state index in [1.54, 1.807) is 19.1 Å². The lowest BCUT2D eigenvalue weighted by Gasteiger charge is -2.18. The summed E-state index contributed by atoms with van der Waals surface area (Å²) in [6.45, 7) is 3.09. The summed E-state index contributed by atoms with van der Waals surface area (Å²) in [5.41, 5.74) is 0.644. The molecule has 1 aromatic carbocycles. The van der Waals surface area contributed by atoms with Crippen LogP contribution in [0.2, 0.25) is 0 Å². The SMILES string of the molecule is CCOC(=O)C(C1=CC(=O)C(=O)c2ccc(Br)cc21)=C(C)O. The minimum Gasteiger partial charge on any atom is -0.512 e. The number of esters is 1. The molecule has 0 fully saturated rings. The maximum Gasteiger partial charge on any atom is 0.342 e. The zero-order chi connectivity index (χ0) is 16.4. The zero-order valence-electron chi connectivity index (χ0n) is 12.0. The summed E-state index contributed by atoms with van der Waals surface area (Å²) in [7, 11) is 0. The number of benzene rings is 1. The minimum absolute atomic E-state index is 0.123. The van der Waals surface area contributed by atoms with Gasteiger partial charge in [-0.15, -0.1) is 0 Å². The van der Waals surface area contributed by atoms with Gasteiger partial charge >= 0.3 is 5.97 Å². The number of halogens is 1. The molecule has 0 saturated heterocycles. The van der Waals surface area contributed by atoms with Gasteiger partial charge in [-0.05, 0) is 43.7 Å². The fourth-order valence-corrected chi connectivity index (χ4v) is 2.57. The lowest BCUT2D eigenvalue weighted by molar-refractivity contribution is -0.138. The molecule has 0 heterocycles. The van der Waals surface area contributed by atoms with E-state index in [0.29, 0.717) is 10.0 Å². The summed E-state index contributed by atoms with van der Waals surface area (Å²) in [5, 5.41) is 9.84. The number of carbonyl (C=O) groups excluding carboxylic acids is 3. The van der Waals surface area contributed by atoms with E-state index in [-0.39, 0.29) is 29.1 Å². The largest absolute Gasteiger partial charge is 0.512 e. The van der Waals surface area contributed by atoms with Crippen molar-refractivity contribution in [2.24, 2.45) is 0 Å². The van der Waals surface area contributed by atoms with Crippen molar-refractivity contribution >= 4 is 39.0 Å². The molecular formula is C16H13BrO5. The van der Waals surface area contributed by atoms with Crippen molar-refractivity contribution in [3.8, 4) is 0 Å². The average molecular weight is 365 g/mol. The number of aliphatic hydroxyl groups is 1. The normalized spacial score (nSPS) is 15.0. The molecule has 1 N–H and O–H groups in total. The highest BCUT2D eigenvalue weighted by atomic mass is 79.9. The van der Waals surface area contributed by atoms with Crippen LogP contribution >= 0.6 is 15.9 Å². The third-order valence-corrected chi connectivity index (χ3v) is 3.62. The Kier molecular flexibility index (Phi) is 4.61. The number of ether oxygens (including phenoxy) is 1. The molecule has 22 heavy (non-hydrogen) atoms. The summed E-state index contributed by atoms with van der Waals surface area (Å²) < 4.78 is 5.60. The van der Waals surface area contributed by atoms with Gasteiger partial charge in [0, 0.05) is 15.6 Å². The molecule has 114 valence electrons. The van der Waals surface area contributed by atoms with Crippen LogP contribution in [-0.2, 0) is 14.3 Å². The second-order valence-electron chi connectivity index (χ2n) is 4.62. The van der Waals surface area contributed by atoms with Crippen LogP contribution in [0, 0.1) is 0 Å². The molecule has 0 amide bonds. The van der Waals surface area contributed by atoms with E-state index in [4.69, 9.17) is 4.74 Å². The van der Waals surface area contributed by atoms with Crippen molar-refractivity contribution in [2.45, 2.75) is 13.8 Å². The van der Waals surface area contributed by atoms with Crippen LogP contribution < -0.4 is 0 Å². The molecule has 2 rings (SSSR count). The number of hydrogen-bond donors (Lipinski definition) is 1. The molecule has 1 aromatic rings. The standard InChI is InChI=1S/C16H13BrO5/c1-3-22-16(21)14(8(2)18)12-7-13(19)15(20)10-5-4-9(17)6-11(10)12/h4-7,18H,3H2,1-2H3. The van der Waals surface area contributed by atoms with Gasteiger partial charge in [0.2, 0.25) is 11.6 Å². The van der Waals surface area contributed by atoms with E-state index >= 15 is 0 Å². The molecule has 0 aromatic heterocycles. The van der Waals surface area contributed by atoms with Crippen LogP contribution in [0.5, 0.6) is 0 Å². The molecule has 5 nitrogen and oxygen atoms in total. The first kappa shape index (κ1) is 16.2. The summed E-state index contributed by atoms with van der Waals surface area (Å²) in [6, 6.07) is 4.75. The van der Waals surface area contributed by atoms with E-state index in [9.17, 15) is 19.5 Å². The van der Waals surface area contributed by atoms with Gasteiger partial charge in [-0.3, -0.25) is 9.59 Å². The average Bonchev–Trinajstić information content (AvgIpc) is 2.44. The summed E-state index contributed by atoms with van der Waals surface area (Å²) in [4.78, 5) is 35.9. The van der Waals surface area contributed by atoms with Crippen LogP contribution in [0.15, 0.2) is 40.1 Å². The van der Waals surface area contributed by atoms with Crippen LogP contribution in [0.3, 0.4) is 0 Å². The smallest absolute Gasteiger partial charge is 0.342 e. The maximum absolute atomic E-state index is 12.1. The molecule has 0 aliphatic heterocycles. The van der Waals surface area contributed by atoms with Crippen LogP contribution in [-0.4, -0.2) is 29.2 Å². The van der Waals surface area contributed by atoms with Crippen molar-refractivity contribution < 1.29 is 24.2 Å². The van der Waals surface area contributed by atoms with E-state index in [0.717, 1.165) is 6.08 Å². The first-order chi connectivity index (χ1) is 10.4. The number of aliphatic hydroxyl groups excluding tert-OH is 1. The minimum atomic E-state index is -0.748. The van der Waals surface area contributed by atoms with Crippen molar-refractivity contribution in [3.63, 3.8) is 0 Å². The highest BCUT2D eigenvalue weighted by Crippen LogP contribution is 2.34. The van der Waals surface area contributed by atoms with Crippen molar-refractivity contribution in [3.05, 3.63) is 51.2 Å². The number of Topliss-reactive ketones (excluding diaryl/α,β-unsaturated/α-hetero) is 1. The van der Waals surface area contributed by atoms with Gasteiger partial charge < -0.3 is 9.84 Å². The predicted molar refractivity (Wildman–Crippen MR) is 83.4 cm³/mol. The molecule has 1 aliphatic rings. The Morgan fingerprint density at radius 1 is 1.27 bits per heavy atom. The monoisotopic (exact) mass is 364 g/mol. The van der Waals surface area contributed by atoms with Crippen LogP contribution in [0.25, 0.3) is 5.57 Å². The van der Waals surface area contributed by atoms with Gasteiger partial charge in [-0.1, -0.05) is 15.9 Å². The second-order valence-corrected chi connectivity index (χ2v) is 5.54. The van der Waals surface area contributed by atoms with Crippen LogP contribution in [0.4, 0.5) is 0 Å². The Morgan fingerprint density at radius 2 is 1.95 bits per heavy atom. The number of hydrogen-bond acceptors (Lipinski definition) is 5. The lowest BCUT2D eigenvalue weighted by Crippen LogP contribution is -2.22. The first-order valence-corrected chi connectivity index (χ1v) is 7.33. The Bertz CT molecular complexity index is 739. The number of ketones is 2. The Balaban J connectivity index is 2.69. The van der Waals surface area contributed by atoms with Gasteiger partial charge in [-0.2, -0.15) is 0 Å². The fourth-order valence-electron chi connectivity index (χ4n) is 2.21. The number of allylic oxidation sites excluding steroid dienone is 2. The summed E-state index contributed by atoms with van der Waals surface area (Å²) in [6.07, 6.45) is 1.06. The predicted octanol–water partition coefficient (Wildman–Crippen LogP) is 2.99. The van der Waals surface area contributed by atoms with Gasteiger partial charge in [0.05, 0.1) is 6.61 Å². The number of carbonyl (C=O) groups is 3. The molecule has 6 heteroatoms. The maximum atomic E-state index is 12.1. The van der Waals surface area contributed by atoms with Gasteiger partial charge in [-0.25, -0.2) is 4.79 Å². The first-order valence-electron chi connectivity index (χ1n) is 6.54. The second kappa shape index (κ2) is 6.27. The van der Waals surface area contributed by atoms with Gasteiger partial charge in [0.15, 0.2) is 0 Å². The third-order valence-electron chi connectivity index (χ3n) is 3.13. The van der Waals surface area contributed by atoms with Crippen LogP contribution in [0.1, 0.15) is 29.8 Å². The van der Waals surface area contributed by atoms with Crippen molar-refractivity contribution in [2.75, 3.05) is 6.61 Å². The molecule has 0 bridgehead atoms. The fraction of sp³-hybridized carbons (Fsp3) is 0.188. The van der Waals surface area contributed by atoms with E-state index in [1.165, 1.54) is 13.0 Å². The molecular weight excluding hydrogens is 352 g/mol. The topological polar surface area (TPSA) is 80.7 Å². The highest BCUT2D eigenvalue weighted by Gasteiger charge is 2.31. The molecule has 0 radical (unpaired) electrons. The van der Waals surface area contributed by atoms with Crippen molar-refractivity contribution in [1.29, 1.82) is 0 Å². The number of fused-ring (bicyclic) bond motifs is 1. The molecule has 0 unspecified atom stereocenters. The Labute approximate surface area is 135 Å². The van der Waals surface area contributed by atoms with E-state index in [1.807, 2.05) is 0 Å². The van der Waals surface area contributed by atoms with E-state index < -0.39 is 17.5 Å². The summed E-state index contributed by atoms with van der Waals surface area (Å²) >= 11 is 3.29. The Hall–Kier alpha value is -2.21. The molecule has 0 spiro atoms. The van der Waals surface area contributed by atoms with Gasteiger partial charge in [0.25, 0.3) is 0 Å². The molecule has 0 atom stereocenters. The highest BCUT2D eigenvalue weighted by molar-refractivity contribution is 9.10.